The van der Waals surface area contributed by atoms with Crippen LogP contribution in [0.5, 0.6) is 0 Å². The SMILES string of the molecule is CP(C)C1CCCCC1=C=O. The highest BCUT2D eigenvalue weighted by atomic mass is 31.1. The van der Waals surface area contributed by atoms with E-state index in [2.05, 4.69) is 19.3 Å². The van der Waals surface area contributed by atoms with Crippen LogP contribution in [-0.4, -0.2) is 24.9 Å². The van der Waals surface area contributed by atoms with Crippen LogP contribution in [0.2, 0.25) is 0 Å². The molecule has 0 amide bonds. The molecule has 0 aliphatic heterocycles. The van der Waals surface area contributed by atoms with E-state index in [1.165, 1.54) is 19.3 Å². The maximum Gasteiger partial charge on any atom is 0.124 e. The Morgan fingerprint density at radius 1 is 1.45 bits per heavy atom. The molecule has 1 atom stereocenters. The fourth-order valence-corrected chi connectivity index (χ4v) is 3.19. The molecule has 1 unspecified atom stereocenters. The largest absolute Gasteiger partial charge is 0.234 e. The van der Waals surface area contributed by atoms with Crippen molar-refractivity contribution in [3.05, 3.63) is 5.57 Å². The Morgan fingerprint density at radius 2 is 2.18 bits per heavy atom. The van der Waals surface area contributed by atoms with Crippen LogP contribution in [0.25, 0.3) is 0 Å². The summed E-state index contributed by atoms with van der Waals surface area (Å²) in [5, 5.41) is 0. The molecule has 0 aromatic rings. The fourth-order valence-electron chi connectivity index (χ4n) is 1.68. The first-order valence-electron chi connectivity index (χ1n) is 4.16. The monoisotopic (exact) mass is 170 g/mol. The van der Waals surface area contributed by atoms with Crippen LogP contribution >= 0.6 is 7.92 Å². The molecule has 1 aliphatic rings. The first-order chi connectivity index (χ1) is 5.25. The molecule has 0 aromatic heterocycles. The summed E-state index contributed by atoms with van der Waals surface area (Å²) >= 11 is 0. The van der Waals surface area contributed by atoms with Gasteiger partial charge < -0.3 is 0 Å². The molecule has 0 heterocycles. The number of carbonyl (C=O) groups excluding carboxylic acids is 1. The van der Waals surface area contributed by atoms with Gasteiger partial charge in [0.2, 0.25) is 0 Å². The second-order valence-corrected chi connectivity index (χ2v) is 5.90. The van der Waals surface area contributed by atoms with Crippen molar-refractivity contribution in [2.75, 3.05) is 13.3 Å². The third kappa shape index (κ3) is 2.15. The topological polar surface area (TPSA) is 17.1 Å². The van der Waals surface area contributed by atoms with Gasteiger partial charge in [-0.1, -0.05) is 6.42 Å². The lowest BCUT2D eigenvalue weighted by Gasteiger charge is -2.26. The van der Waals surface area contributed by atoms with E-state index in [0.717, 1.165) is 12.0 Å². The van der Waals surface area contributed by atoms with Crippen LogP contribution in [-0.2, 0) is 4.79 Å². The Balaban J connectivity index is 2.67. The smallest absolute Gasteiger partial charge is 0.124 e. The second-order valence-electron chi connectivity index (χ2n) is 3.35. The van der Waals surface area contributed by atoms with Gasteiger partial charge in [0.25, 0.3) is 0 Å². The molecule has 62 valence electrons. The zero-order valence-corrected chi connectivity index (χ0v) is 8.16. The van der Waals surface area contributed by atoms with Crippen molar-refractivity contribution in [3.8, 4) is 0 Å². The summed E-state index contributed by atoms with van der Waals surface area (Å²) < 4.78 is 0. The van der Waals surface area contributed by atoms with E-state index in [9.17, 15) is 4.79 Å². The van der Waals surface area contributed by atoms with Gasteiger partial charge in [0.1, 0.15) is 5.94 Å². The predicted molar refractivity (Wildman–Crippen MR) is 50.2 cm³/mol. The molecule has 1 rings (SSSR count). The summed E-state index contributed by atoms with van der Waals surface area (Å²) in [5.74, 6) is 2.12. The molecule has 1 aliphatic carbocycles. The van der Waals surface area contributed by atoms with Crippen molar-refractivity contribution in [1.82, 2.24) is 0 Å². The zero-order valence-electron chi connectivity index (χ0n) is 7.26. The summed E-state index contributed by atoms with van der Waals surface area (Å²) in [6, 6.07) is 0. The minimum Gasteiger partial charge on any atom is -0.234 e. The highest BCUT2D eigenvalue weighted by Gasteiger charge is 2.22. The van der Waals surface area contributed by atoms with Gasteiger partial charge in [-0.15, -0.1) is 7.92 Å². The molecular weight excluding hydrogens is 155 g/mol. The summed E-state index contributed by atoms with van der Waals surface area (Å²) in [6.07, 6.45) is 4.73. The summed E-state index contributed by atoms with van der Waals surface area (Å²) in [4.78, 5) is 10.5. The van der Waals surface area contributed by atoms with Gasteiger partial charge in [0, 0.05) is 11.2 Å². The molecule has 0 saturated heterocycles. The van der Waals surface area contributed by atoms with Crippen molar-refractivity contribution < 1.29 is 4.79 Å². The van der Waals surface area contributed by atoms with E-state index in [4.69, 9.17) is 0 Å². The van der Waals surface area contributed by atoms with Crippen molar-refractivity contribution in [2.24, 2.45) is 0 Å². The van der Waals surface area contributed by atoms with Gasteiger partial charge in [-0.05, 0) is 32.6 Å². The molecule has 0 aromatic carbocycles. The average molecular weight is 170 g/mol. The van der Waals surface area contributed by atoms with Gasteiger partial charge in [-0.3, -0.25) is 0 Å². The Labute approximate surface area is 69.6 Å². The van der Waals surface area contributed by atoms with Crippen LogP contribution in [0.3, 0.4) is 0 Å². The maximum absolute atomic E-state index is 10.5. The number of hydrogen-bond donors (Lipinski definition) is 0. The fraction of sp³-hybridized carbons (Fsp3) is 0.778. The first-order valence-corrected chi connectivity index (χ1v) is 6.46. The first kappa shape index (κ1) is 8.97. The minimum absolute atomic E-state index is 0.0367. The Bertz CT molecular complexity index is 180. The highest BCUT2D eigenvalue weighted by molar-refractivity contribution is 7.57. The highest BCUT2D eigenvalue weighted by Crippen LogP contribution is 2.43. The number of rotatable bonds is 1. The molecule has 2 heteroatoms. The molecule has 11 heavy (non-hydrogen) atoms. The summed E-state index contributed by atoms with van der Waals surface area (Å²) in [5.41, 5.74) is 1.66. The Hall–Kier alpha value is -0.120. The van der Waals surface area contributed by atoms with Crippen molar-refractivity contribution in [2.45, 2.75) is 31.3 Å². The van der Waals surface area contributed by atoms with Gasteiger partial charge in [-0.2, -0.15) is 0 Å². The van der Waals surface area contributed by atoms with E-state index in [1.54, 1.807) is 0 Å². The van der Waals surface area contributed by atoms with Crippen molar-refractivity contribution in [3.63, 3.8) is 0 Å². The summed E-state index contributed by atoms with van der Waals surface area (Å²) in [6.45, 7) is 4.51. The maximum atomic E-state index is 10.5. The minimum atomic E-state index is 0.0367. The molecule has 1 fully saturated rings. The van der Waals surface area contributed by atoms with Crippen LogP contribution in [0, 0.1) is 0 Å². The Morgan fingerprint density at radius 3 is 2.64 bits per heavy atom. The van der Waals surface area contributed by atoms with E-state index in [-0.39, 0.29) is 7.92 Å². The van der Waals surface area contributed by atoms with Gasteiger partial charge in [0.05, 0.1) is 0 Å². The molecule has 0 bridgehead atoms. The zero-order chi connectivity index (χ0) is 8.27. The number of allylic oxidation sites excluding steroid dienone is 1. The molecular formula is C9H15OP. The number of hydrogen-bond acceptors (Lipinski definition) is 1. The Kier molecular flexibility index (Phi) is 3.30. The van der Waals surface area contributed by atoms with Crippen molar-refractivity contribution in [1.29, 1.82) is 0 Å². The quantitative estimate of drug-likeness (QED) is 0.436. The van der Waals surface area contributed by atoms with Gasteiger partial charge >= 0.3 is 0 Å². The molecule has 0 spiro atoms. The van der Waals surface area contributed by atoms with E-state index in [0.29, 0.717) is 5.66 Å². The van der Waals surface area contributed by atoms with E-state index >= 15 is 0 Å². The van der Waals surface area contributed by atoms with E-state index < -0.39 is 0 Å². The molecule has 1 nitrogen and oxygen atoms in total. The normalized spacial score (nSPS) is 25.4. The molecule has 0 N–H and O–H groups in total. The van der Waals surface area contributed by atoms with Crippen LogP contribution in [0.1, 0.15) is 25.7 Å². The third-order valence-corrected chi connectivity index (χ3v) is 4.15. The third-order valence-electron chi connectivity index (χ3n) is 2.33. The van der Waals surface area contributed by atoms with Crippen LogP contribution in [0.15, 0.2) is 5.57 Å². The predicted octanol–water partition coefficient (Wildman–Crippen LogP) is 2.43. The summed E-state index contributed by atoms with van der Waals surface area (Å²) in [7, 11) is 0.0367. The van der Waals surface area contributed by atoms with Gasteiger partial charge in [0.15, 0.2) is 0 Å². The molecule has 0 radical (unpaired) electrons. The van der Waals surface area contributed by atoms with Crippen LogP contribution < -0.4 is 0 Å². The van der Waals surface area contributed by atoms with Gasteiger partial charge in [-0.25, -0.2) is 4.79 Å². The second kappa shape index (κ2) is 4.04. The standard InChI is InChI=1S/C9H15OP/c1-11(2)9-6-4-3-5-8(9)7-10/h9H,3-6H2,1-2H3. The van der Waals surface area contributed by atoms with Crippen molar-refractivity contribution >= 4 is 13.9 Å². The van der Waals surface area contributed by atoms with Crippen LogP contribution in [0.4, 0.5) is 0 Å². The van der Waals surface area contributed by atoms with E-state index in [1.807, 2.05) is 0 Å². The average Bonchev–Trinajstić information content (AvgIpc) is 2.04. The molecule has 1 saturated carbocycles. The lowest BCUT2D eigenvalue weighted by atomic mass is 9.96. The lowest BCUT2D eigenvalue weighted by Crippen LogP contribution is -2.14. The lowest BCUT2D eigenvalue weighted by molar-refractivity contribution is 0.553.